The van der Waals surface area contributed by atoms with E-state index in [0.717, 1.165) is 11.4 Å². The van der Waals surface area contributed by atoms with Crippen LogP contribution in [-0.4, -0.2) is 64.0 Å². The molecule has 1 saturated carbocycles. The number of hydrogen-bond acceptors (Lipinski definition) is 5. The Morgan fingerprint density at radius 3 is 2.71 bits per heavy atom. The van der Waals surface area contributed by atoms with Gasteiger partial charge < -0.3 is 20.5 Å². The number of primary amides is 1. The smallest absolute Gasteiger partial charge is 0.241 e. The quantitative estimate of drug-likeness (QED) is 0.769. The summed E-state index contributed by atoms with van der Waals surface area (Å²) in [4.78, 5) is 39.5. The van der Waals surface area contributed by atoms with E-state index in [0.29, 0.717) is 56.6 Å². The number of nitrogens with zero attached hydrogens (tertiary/aromatic N) is 4. The summed E-state index contributed by atoms with van der Waals surface area (Å²) in [5.74, 6) is 0.0983. The van der Waals surface area contributed by atoms with Crippen LogP contribution in [0.5, 0.6) is 0 Å². The molecule has 148 valence electrons. The highest BCUT2D eigenvalue weighted by Crippen LogP contribution is 2.30. The van der Waals surface area contributed by atoms with Gasteiger partial charge in [-0.15, -0.1) is 0 Å². The average Bonchev–Trinajstić information content (AvgIpc) is 3.31. The number of halogens is 1. The molecule has 9 heteroatoms. The molecule has 1 aliphatic carbocycles. The number of H-pyrrole nitrogens is 1. The number of alkyl halides is 1. The van der Waals surface area contributed by atoms with E-state index in [-0.39, 0.29) is 11.8 Å². The van der Waals surface area contributed by atoms with Crippen molar-refractivity contribution in [1.82, 2.24) is 19.9 Å². The van der Waals surface area contributed by atoms with E-state index in [1.807, 2.05) is 4.90 Å². The number of rotatable bonds is 4. The SMILES string of the molecule is NC(=O)/C=C/c1c[nH]c2ncc(N3CCN(C(=O)[C@@H]4CC[C@@H](F)C4)CC3)nc12. The number of piperazine rings is 1. The summed E-state index contributed by atoms with van der Waals surface area (Å²) in [5.41, 5.74) is 7.18. The minimum absolute atomic E-state index is 0.0749. The van der Waals surface area contributed by atoms with E-state index in [2.05, 4.69) is 19.9 Å². The van der Waals surface area contributed by atoms with E-state index in [1.54, 1.807) is 18.5 Å². The van der Waals surface area contributed by atoms with Gasteiger partial charge in [0.05, 0.1) is 6.20 Å². The molecule has 2 amide bonds. The molecule has 2 aliphatic rings. The molecule has 3 heterocycles. The van der Waals surface area contributed by atoms with Gasteiger partial charge in [0.15, 0.2) is 5.65 Å². The molecule has 0 unspecified atom stereocenters. The van der Waals surface area contributed by atoms with Crippen molar-refractivity contribution in [2.45, 2.75) is 25.4 Å². The van der Waals surface area contributed by atoms with Crippen LogP contribution in [0.25, 0.3) is 17.2 Å². The summed E-state index contributed by atoms with van der Waals surface area (Å²) in [5, 5.41) is 0. The van der Waals surface area contributed by atoms with Gasteiger partial charge in [-0.3, -0.25) is 9.59 Å². The Bertz CT molecular complexity index is 918. The number of fused-ring (bicyclic) bond motifs is 1. The van der Waals surface area contributed by atoms with Gasteiger partial charge in [-0.05, 0) is 25.3 Å². The predicted octanol–water partition coefficient (Wildman–Crippen LogP) is 1.24. The van der Waals surface area contributed by atoms with Gasteiger partial charge in [-0.2, -0.15) is 0 Å². The minimum Gasteiger partial charge on any atom is -0.366 e. The maximum Gasteiger partial charge on any atom is 0.241 e. The molecule has 8 nitrogen and oxygen atoms in total. The van der Waals surface area contributed by atoms with E-state index in [4.69, 9.17) is 5.73 Å². The Morgan fingerprint density at radius 1 is 1.25 bits per heavy atom. The maximum atomic E-state index is 13.4. The number of aromatic amines is 1. The summed E-state index contributed by atoms with van der Waals surface area (Å²) in [6, 6.07) is 0. The van der Waals surface area contributed by atoms with Gasteiger partial charge in [-0.1, -0.05) is 0 Å². The Morgan fingerprint density at radius 2 is 2.04 bits per heavy atom. The summed E-state index contributed by atoms with van der Waals surface area (Å²) in [6.45, 7) is 2.48. The Labute approximate surface area is 161 Å². The standard InChI is InChI=1S/C19H23FN6O2/c20-14-3-1-12(9-14)19(28)26-7-5-25(6-8-26)16-11-23-18-17(24-16)13(10-22-18)2-4-15(21)27/h2,4,10-12,14H,1,3,5-9H2,(H2,21,27)(H,22,23)/b4-2+/t12-,14-/m1/s1. The van der Waals surface area contributed by atoms with Gasteiger partial charge in [0.25, 0.3) is 0 Å². The summed E-state index contributed by atoms with van der Waals surface area (Å²) >= 11 is 0. The number of carbonyl (C=O) groups is 2. The number of carbonyl (C=O) groups excluding carboxylic acids is 2. The first-order valence-electron chi connectivity index (χ1n) is 9.50. The monoisotopic (exact) mass is 386 g/mol. The molecule has 4 rings (SSSR count). The van der Waals surface area contributed by atoms with Gasteiger partial charge in [-0.25, -0.2) is 14.4 Å². The van der Waals surface area contributed by atoms with Crippen molar-refractivity contribution < 1.29 is 14.0 Å². The highest BCUT2D eigenvalue weighted by molar-refractivity contribution is 5.93. The van der Waals surface area contributed by atoms with E-state index < -0.39 is 12.1 Å². The lowest BCUT2D eigenvalue weighted by atomic mass is 10.1. The lowest BCUT2D eigenvalue weighted by molar-refractivity contribution is -0.135. The van der Waals surface area contributed by atoms with Crippen molar-refractivity contribution in [2.24, 2.45) is 11.7 Å². The molecule has 28 heavy (non-hydrogen) atoms. The molecular formula is C19H23FN6O2. The Hall–Kier alpha value is -2.97. The fourth-order valence-electron chi connectivity index (χ4n) is 3.92. The number of hydrogen-bond donors (Lipinski definition) is 2. The third-order valence-electron chi connectivity index (χ3n) is 5.46. The van der Waals surface area contributed by atoms with Crippen LogP contribution in [0.3, 0.4) is 0 Å². The van der Waals surface area contributed by atoms with Crippen LogP contribution < -0.4 is 10.6 Å². The van der Waals surface area contributed by atoms with E-state index in [9.17, 15) is 14.0 Å². The molecule has 0 aromatic carbocycles. The number of nitrogens with two attached hydrogens (primary N) is 1. The van der Waals surface area contributed by atoms with Gasteiger partial charge >= 0.3 is 0 Å². The van der Waals surface area contributed by atoms with Crippen molar-refractivity contribution in [2.75, 3.05) is 31.1 Å². The van der Waals surface area contributed by atoms with Crippen molar-refractivity contribution >= 4 is 34.9 Å². The zero-order valence-corrected chi connectivity index (χ0v) is 15.5. The van der Waals surface area contributed by atoms with Crippen LogP contribution in [0.15, 0.2) is 18.5 Å². The average molecular weight is 386 g/mol. The van der Waals surface area contributed by atoms with E-state index in [1.165, 1.54) is 6.08 Å². The highest BCUT2D eigenvalue weighted by Gasteiger charge is 2.34. The first-order valence-corrected chi connectivity index (χ1v) is 9.50. The van der Waals surface area contributed by atoms with E-state index >= 15 is 0 Å². The third kappa shape index (κ3) is 3.69. The molecule has 0 bridgehead atoms. The zero-order valence-electron chi connectivity index (χ0n) is 15.5. The fourth-order valence-corrected chi connectivity index (χ4v) is 3.92. The third-order valence-corrected chi connectivity index (χ3v) is 5.46. The first-order chi connectivity index (χ1) is 13.5. The van der Waals surface area contributed by atoms with Crippen LogP contribution in [0.4, 0.5) is 10.2 Å². The minimum atomic E-state index is -0.837. The van der Waals surface area contributed by atoms with Crippen LogP contribution in [-0.2, 0) is 9.59 Å². The number of anilines is 1. The summed E-state index contributed by atoms with van der Waals surface area (Å²) < 4.78 is 13.4. The normalized spacial score (nSPS) is 23.0. The van der Waals surface area contributed by atoms with Crippen molar-refractivity contribution in [3.63, 3.8) is 0 Å². The van der Waals surface area contributed by atoms with Crippen molar-refractivity contribution in [3.05, 3.63) is 24.0 Å². The maximum absolute atomic E-state index is 13.4. The summed E-state index contributed by atoms with van der Waals surface area (Å²) in [7, 11) is 0. The number of nitrogens with one attached hydrogen (secondary N) is 1. The van der Waals surface area contributed by atoms with Crippen molar-refractivity contribution in [3.8, 4) is 0 Å². The molecule has 2 aromatic heterocycles. The molecule has 0 spiro atoms. The van der Waals surface area contributed by atoms with Gasteiger partial charge in [0, 0.05) is 49.9 Å². The van der Waals surface area contributed by atoms with Crippen LogP contribution in [0.1, 0.15) is 24.8 Å². The lowest BCUT2D eigenvalue weighted by Gasteiger charge is -2.36. The molecule has 1 aliphatic heterocycles. The van der Waals surface area contributed by atoms with Crippen LogP contribution in [0.2, 0.25) is 0 Å². The van der Waals surface area contributed by atoms with Gasteiger partial charge in [0.2, 0.25) is 11.8 Å². The van der Waals surface area contributed by atoms with Crippen LogP contribution >= 0.6 is 0 Å². The first kappa shape index (κ1) is 18.4. The van der Waals surface area contributed by atoms with Crippen LogP contribution in [0, 0.1) is 5.92 Å². The number of aromatic nitrogens is 3. The Kier molecular flexibility index (Phi) is 4.97. The zero-order chi connectivity index (χ0) is 19.7. The second-order valence-corrected chi connectivity index (χ2v) is 7.32. The summed E-state index contributed by atoms with van der Waals surface area (Å²) in [6.07, 6.45) is 6.98. The fraction of sp³-hybridized carbons (Fsp3) is 0.474. The molecule has 2 aromatic rings. The largest absolute Gasteiger partial charge is 0.366 e. The topological polar surface area (TPSA) is 108 Å². The van der Waals surface area contributed by atoms with Gasteiger partial charge in [0.1, 0.15) is 17.5 Å². The molecule has 0 radical (unpaired) electrons. The molecule has 2 fully saturated rings. The highest BCUT2D eigenvalue weighted by atomic mass is 19.1. The molecular weight excluding hydrogens is 363 g/mol. The Balaban J connectivity index is 1.44. The molecule has 1 saturated heterocycles. The molecule has 2 atom stereocenters. The second-order valence-electron chi connectivity index (χ2n) is 7.32. The second kappa shape index (κ2) is 7.57. The molecule has 3 N–H and O–H groups in total. The predicted molar refractivity (Wildman–Crippen MR) is 103 cm³/mol. The number of amides is 2. The lowest BCUT2D eigenvalue weighted by Crippen LogP contribution is -2.50. The van der Waals surface area contributed by atoms with Crippen molar-refractivity contribution in [1.29, 1.82) is 0 Å².